The van der Waals surface area contributed by atoms with Crippen LogP contribution in [0.1, 0.15) is 53.4 Å². The fourth-order valence-corrected chi connectivity index (χ4v) is 1.50. The molecular weight excluding hydrogens is 182 g/mol. The van der Waals surface area contributed by atoms with Gasteiger partial charge < -0.3 is 5.73 Å². The maximum absolute atomic E-state index is 5.74. The average molecular weight is 209 g/mol. The third-order valence-corrected chi connectivity index (χ3v) is 2.81. The molecule has 0 radical (unpaired) electrons. The van der Waals surface area contributed by atoms with Crippen molar-refractivity contribution in [2.24, 2.45) is 11.1 Å². The first kappa shape index (κ1) is 14.4. The second-order valence-electron chi connectivity index (χ2n) is 5.18. The van der Waals surface area contributed by atoms with E-state index in [0.29, 0.717) is 6.54 Å². The summed E-state index contributed by atoms with van der Waals surface area (Å²) in [6.07, 6.45) is 6.89. The van der Waals surface area contributed by atoms with Gasteiger partial charge in [-0.1, -0.05) is 51.5 Å². The fraction of sp³-hybridized carbons (Fsp3) is 0.714. The van der Waals surface area contributed by atoms with Crippen molar-refractivity contribution in [2.75, 3.05) is 6.54 Å². The molecular formula is C14H27N. The summed E-state index contributed by atoms with van der Waals surface area (Å²) in [5.74, 6) is 0. The maximum Gasteiger partial charge on any atom is 0.0142 e. The van der Waals surface area contributed by atoms with E-state index < -0.39 is 0 Å². The molecule has 0 unspecified atom stereocenters. The van der Waals surface area contributed by atoms with Gasteiger partial charge in [0.05, 0.1) is 0 Å². The second-order valence-corrected chi connectivity index (χ2v) is 5.18. The molecule has 0 rings (SSSR count). The van der Waals surface area contributed by atoms with Crippen LogP contribution in [-0.2, 0) is 0 Å². The summed E-state index contributed by atoms with van der Waals surface area (Å²) in [7, 11) is 0. The molecule has 0 aliphatic heterocycles. The molecule has 0 aromatic carbocycles. The van der Waals surface area contributed by atoms with E-state index in [4.69, 9.17) is 5.73 Å². The van der Waals surface area contributed by atoms with Crippen molar-refractivity contribution in [3.8, 4) is 0 Å². The fourth-order valence-electron chi connectivity index (χ4n) is 1.50. The lowest BCUT2D eigenvalue weighted by Gasteiger charge is -2.21. The Balaban J connectivity index is 3.98. The van der Waals surface area contributed by atoms with Gasteiger partial charge in [-0.25, -0.2) is 0 Å². The van der Waals surface area contributed by atoms with E-state index in [1.807, 2.05) is 0 Å². The monoisotopic (exact) mass is 209 g/mol. The standard InChI is InChI=1S/C14H27N/c1-6-12(2)9-7-8-10-13(11-15)14(3,4)5/h10H,2,6-9,11,15H2,1,3-5H3/b13-10+. The molecule has 88 valence electrons. The largest absolute Gasteiger partial charge is 0.327 e. The van der Waals surface area contributed by atoms with Crippen molar-refractivity contribution < 1.29 is 0 Å². The number of nitrogens with two attached hydrogens (primary N) is 1. The number of hydrogen-bond donors (Lipinski definition) is 1. The highest BCUT2D eigenvalue weighted by atomic mass is 14.5. The van der Waals surface area contributed by atoms with Gasteiger partial charge in [-0.2, -0.15) is 0 Å². The van der Waals surface area contributed by atoms with Gasteiger partial charge in [0.15, 0.2) is 0 Å². The number of hydrogen-bond acceptors (Lipinski definition) is 1. The molecule has 0 heterocycles. The van der Waals surface area contributed by atoms with Crippen molar-refractivity contribution in [3.05, 3.63) is 23.8 Å². The SMILES string of the molecule is C=C(CC)CCC/C=C(\CN)C(C)(C)C. The van der Waals surface area contributed by atoms with Crippen LogP contribution in [0.15, 0.2) is 23.8 Å². The quantitative estimate of drug-likeness (QED) is 0.518. The highest BCUT2D eigenvalue weighted by Crippen LogP contribution is 2.25. The van der Waals surface area contributed by atoms with Crippen LogP contribution in [0.5, 0.6) is 0 Å². The van der Waals surface area contributed by atoms with Gasteiger partial charge in [0, 0.05) is 6.54 Å². The van der Waals surface area contributed by atoms with Gasteiger partial charge in [0.2, 0.25) is 0 Å². The van der Waals surface area contributed by atoms with E-state index in [0.717, 1.165) is 19.3 Å². The summed E-state index contributed by atoms with van der Waals surface area (Å²) < 4.78 is 0. The van der Waals surface area contributed by atoms with Gasteiger partial charge in [0.1, 0.15) is 0 Å². The Morgan fingerprint density at radius 3 is 2.33 bits per heavy atom. The van der Waals surface area contributed by atoms with Crippen LogP contribution in [0.3, 0.4) is 0 Å². The molecule has 0 atom stereocenters. The van der Waals surface area contributed by atoms with Gasteiger partial charge in [0.25, 0.3) is 0 Å². The maximum atomic E-state index is 5.74. The van der Waals surface area contributed by atoms with Crippen LogP contribution in [0.4, 0.5) is 0 Å². The Kier molecular flexibility index (Phi) is 6.58. The summed E-state index contributed by atoms with van der Waals surface area (Å²) in [6.45, 7) is 13.5. The van der Waals surface area contributed by atoms with Crippen molar-refractivity contribution in [1.82, 2.24) is 0 Å². The Morgan fingerprint density at radius 2 is 1.93 bits per heavy atom. The summed E-state index contributed by atoms with van der Waals surface area (Å²) in [6, 6.07) is 0. The van der Waals surface area contributed by atoms with E-state index >= 15 is 0 Å². The highest BCUT2D eigenvalue weighted by molar-refractivity contribution is 5.12. The van der Waals surface area contributed by atoms with Gasteiger partial charge in [-0.05, 0) is 31.1 Å². The molecule has 0 aromatic rings. The van der Waals surface area contributed by atoms with Gasteiger partial charge in [-0.3, -0.25) is 0 Å². The van der Waals surface area contributed by atoms with E-state index in [9.17, 15) is 0 Å². The third-order valence-electron chi connectivity index (χ3n) is 2.81. The van der Waals surface area contributed by atoms with Crippen molar-refractivity contribution in [3.63, 3.8) is 0 Å². The molecule has 0 fully saturated rings. The number of allylic oxidation sites excluding steroid dienone is 2. The Labute approximate surface area is 95.4 Å². The van der Waals surface area contributed by atoms with E-state index in [2.05, 4.69) is 40.3 Å². The molecule has 0 aliphatic rings. The summed E-state index contributed by atoms with van der Waals surface area (Å²) >= 11 is 0. The molecule has 15 heavy (non-hydrogen) atoms. The zero-order valence-corrected chi connectivity index (χ0v) is 10.9. The van der Waals surface area contributed by atoms with Crippen molar-refractivity contribution in [2.45, 2.75) is 53.4 Å². The Bertz CT molecular complexity index is 218. The molecule has 0 bridgehead atoms. The van der Waals surface area contributed by atoms with Gasteiger partial charge >= 0.3 is 0 Å². The van der Waals surface area contributed by atoms with Crippen LogP contribution in [-0.4, -0.2) is 6.54 Å². The van der Waals surface area contributed by atoms with Crippen LogP contribution in [0, 0.1) is 5.41 Å². The molecule has 0 aromatic heterocycles. The Hall–Kier alpha value is -0.560. The van der Waals surface area contributed by atoms with Gasteiger partial charge in [-0.15, -0.1) is 0 Å². The molecule has 0 aliphatic carbocycles. The summed E-state index contributed by atoms with van der Waals surface area (Å²) in [4.78, 5) is 0. The second kappa shape index (κ2) is 6.84. The van der Waals surface area contributed by atoms with E-state index in [1.165, 1.54) is 17.6 Å². The average Bonchev–Trinajstić information content (AvgIpc) is 2.15. The topological polar surface area (TPSA) is 26.0 Å². The summed E-state index contributed by atoms with van der Waals surface area (Å²) in [5.41, 5.74) is 8.68. The molecule has 2 N–H and O–H groups in total. The van der Waals surface area contributed by atoms with Crippen molar-refractivity contribution >= 4 is 0 Å². The predicted octanol–water partition coefficient (Wildman–Crippen LogP) is 4.05. The molecule has 0 spiro atoms. The first-order valence-corrected chi connectivity index (χ1v) is 5.98. The zero-order chi connectivity index (χ0) is 11.9. The molecule has 0 saturated carbocycles. The Morgan fingerprint density at radius 1 is 1.33 bits per heavy atom. The highest BCUT2D eigenvalue weighted by Gasteiger charge is 2.14. The molecule has 0 amide bonds. The minimum absolute atomic E-state index is 0.219. The normalized spacial score (nSPS) is 13.0. The number of rotatable bonds is 6. The predicted molar refractivity (Wildman–Crippen MR) is 69.9 cm³/mol. The summed E-state index contributed by atoms with van der Waals surface area (Å²) in [5, 5.41) is 0. The molecule has 1 heteroatoms. The smallest absolute Gasteiger partial charge is 0.0142 e. The first-order valence-electron chi connectivity index (χ1n) is 5.98. The minimum atomic E-state index is 0.219. The van der Waals surface area contributed by atoms with E-state index in [1.54, 1.807) is 0 Å². The lowest BCUT2D eigenvalue weighted by Crippen LogP contribution is -2.17. The molecule has 1 nitrogen and oxygen atoms in total. The zero-order valence-electron chi connectivity index (χ0n) is 10.9. The molecule has 0 saturated heterocycles. The van der Waals surface area contributed by atoms with Crippen LogP contribution in [0.2, 0.25) is 0 Å². The van der Waals surface area contributed by atoms with E-state index in [-0.39, 0.29) is 5.41 Å². The lowest BCUT2D eigenvalue weighted by molar-refractivity contribution is 0.492. The third kappa shape index (κ3) is 6.51. The van der Waals surface area contributed by atoms with Crippen LogP contribution >= 0.6 is 0 Å². The van der Waals surface area contributed by atoms with Crippen LogP contribution in [0.25, 0.3) is 0 Å². The number of unbranched alkanes of at least 4 members (excludes halogenated alkanes) is 1. The lowest BCUT2D eigenvalue weighted by atomic mass is 9.85. The van der Waals surface area contributed by atoms with Crippen LogP contribution < -0.4 is 5.73 Å². The first-order chi connectivity index (χ1) is 6.91. The minimum Gasteiger partial charge on any atom is -0.327 e. The van der Waals surface area contributed by atoms with Crippen molar-refractivity contribution in [1.29, 1.82) is 0 Å².